The lowest BCUT2D eigenvalue weighted by molar-refractivity contribution is -0.137. The molecule has 36 heavy (non-hydrogen) atoms. The van der Waals surface area contributed by atoms with E-state index < -0.39 is 29.1 Å². The largest absolute Gasteiger partial charge is 0.478 e. The maximum atomic E-state index is 13.5. The third-order valence-corrected chi connectivity index (χ3v) is 5.69. The molecule has 3 aromatic carbocycles. The Labute approximate surface area is 209 Å². The second kappa shape index (κ2) is 10.2. The van der Waals surface area contributed by atoms with E-state index in [1.807, 2.05) is 12.1 Å². The predicted molar refractivity (Wildman–Crippen MR) is 130 cm³/mol. The number of carboxylic acids is 1. The molecule has 9 heteroatoms. The van der Waals surface area contributed by atoms with Gasteiger partial charge in [-0.1, -0.05) is 54.1 Å². The first-order valence-electron chi connectivity index (χ1n) is 10.7. The fourth-order valence-electron chi connectivity index (χ4n) is 3.65. The number of alkyl halides is 3. The Bertz CT molecular complexity index is 1420. The van der Waals surface area contributed by atoms with Crippen LogP contribution in [0.4, 0.5) is 18.9 Å². The first kappa shape index (κ1) is 24.9. The van der Waals surface area contributed by atoms with Gasteiger partial charge in [0.2, 0.25) is 5.78 Å². The third kappa shape index (κ3) is 5.55. The van der Waals surface area contributed by atoms with Gasteiger partial charge in [0.15, 0.2) is 0 Å². The van der Waals surface area contributed by atoms with Crippen LogP contribution in [-0.4, -0.2) is 21.8 Å². The van der Waals surface area contributed by atoms with Crippen molar-refractivity contribution in [2.75, 3.05) is 5.32 Å². The number of nitrogens with zero attached hydrogens (tertiary/aromatic N) is 1. The van der Waals surface area contributed by atoms with Crippen molar-refractivity contribution in [3.8, 4) is 11.1 Å². The fourth-order valence-corrected chi connectivity index (χ4v) is 3.78. The van der Waals surface area contributed by atoms with Gasteiger partial charge in [-0.3, -0.25) is 9.78 Å². The summed E-state index contributed by atoms with van der Waals surface area (Å²) in [6, 6.07) is 18.7. The van der Waals surface area contributed by atoms with E-state index in [2.05, 4.69) is 10.3 Å². The highest BCUT2D eigenvalue weighted by molar-refractivity contribution is 6.30. The summed E-state index contributed by atoms with van der Waals surface area (Å²) in [7, 11) is 0. The summed E-state index contributed by atoms with van der Waals surface area (Å²) in [5, 5.41) is 13.5. The first-order chi connectivity index (χ1) is 17.1. The number of carbonyl (C=O) groups excluding carboxylic acids is 1. The number of benzene rings is 3. The number of aromatic carboxylic acids is 1. The van der Waals surface area contributed by atoms with Gasteiger partial charge in [-0.25, -0.2) is 4.79 Å². The number of nitrogens with one attached hydrogen (secondary N) is 1. The van der Waals surface area contributed by atoms with Crippen molar-refractivity contribution in [3.05, 3.63) is 118 Å². The van der Waals surface area contributed by atoms with Crippen LogP contribution in [0.15, 0.2) is 85.1 Å². The number of hydrogen-bond acceptors (Lipinski definition) is 4. The second-order valence-corrected chi connectivity index (χ2v) is 8.29. The normalized spacial score (nSPS) is 11.2. The molecule has 182 valence electrons. The van der Waals surface area contributed by atoms with Crippen LogP contribution in [-0.2, 0) is 12.7 Å². The number of rotatable bonds is 7. The Balaban J connectivity index is 1.58. The molecule has 4 aromatic rings. The Morgan fingerprint density at radius 2 is 1.64 bits per heavy atom. The van der Waals surface area contributed by atoms with Crippen molar-refractivity contribution in [1.82, 2.24) is 4.98 Å². The van der Waals surface area contributed by atoms with E-state index in [-0.39, 0.29) is 22.4 Å². The van der Waals surface area contributed by atoms with E-state index >= 15 is 0 Å². The van der Waals surface area contributed by atoms with E-state index in [0.29, 0.717) is 17.3 Å². The van der Waals surface area contributed by atoms with Crippen LogP contribution in [0.25, 0.3) is 11.1 Å². The summed E-state index contributed by atoms with van der Waals surface area (Å²) in [6.45, 7) is 0.509. The molecule has 2 N–H and O–H groups in total. The monoisotopic (exact) mass is 510 g/mol. The number of hydrogen-bond donors (Lipinski definition) is 2. The van der Waals surface area contributed by atoms with Gasteiger partial charge in [0.1, 0.15) is 5.69 Å². The molecule has 0 radical (unpaired) electrons. The van der Waals surface area contributed by atoms with Crippen molar-refractivity contribution < 1.29 is 27.9 Å². The highest BCUT2D eigenvalue weighted by Crippen LogP contribution is 2.38. The van der Waals surface area contributed by atoms with Gasteiger partial charge in [0.05, 0.1) is 23.0 Å². The van der Waals surface area contributed by atoms with E-state index in [0.717, 1.165) is 17.7 Å². The van der Waals surface area contributed by atoms with Crippen LogP contribution in [0, 0.1) is 0 Å². The number of aromatic nitrogens is 1. The standard InChI is InChI=1S/C27H18ClF3N2O3/c28-18-8-5-16(6-9-18)14-32-19-10-12-24(33-15-19)25(34)17-7-11-20(22(13-17)26(35)36)21-3-1-2-4-23(21)27(29,30)31/h1-13,15,32H,14H2,(H,35,36). The molecule has 1 heterocycles. The van der Waals surface area contributed by atoms with Gasteiger partial charge in [-0.2, -0.15) is 13.2 Å². The van der Waals surface area contributed by atoms with E-state index in [4.69, 9.17) is 11.6 Å². The second-order valence-electron chi connectivity index (χ2n) is 7.85. The number of carboxylic acid groups (broad SMARTS) is 1. The van der Waals surface area contributed by atoms with E-state index in [1.165, 1.54) is 42.6 Å². The zero-order valence-corrected chi connectivity index (χ0v) is 19.3. The number of pyridine rings is 1. The van der Waals surface area contributed by atoms with Crippen molar-refractivity contribution in [2.45, 2.75) is 12.7 Å². The van der Waals surface area contributed by atoms with Crippen LogP contribution in [0.1, 0.15) is 37.5 Å². The van der Waals surface area contributed by atoms with Gasteiger partial charge in [-0.15, -0.1) is 0 Å². The molecule has 0 aliphatic carbocycles. The quantitative estimate of drug-likeness (QED) is 0.263. The molecule has 0 amide bonds. The highest BCUT2D eigenvalue weighted by atomic mass is 35.5. The molecule has 0 saturated heterocycles. The number of halogens is 4. The fraction of sp³-hybridized carbons (Fsp3) is 0.0741. The molecule has 1 aromatic heterocycles. The van der Waals surface area contributed by atoms with Gasteiger partial charge >= 0.3 is 12.1 Å². The molecule has 5 nitrogen and oxygen atoms in total. The molecule has 0 saturated carbocycles. The van der Waals surface area contributed by atoms with Gasteiger partial charge in [0.25, 0.3) is 0 Å². The van der Waals surface area contributed by atoms with Crippen molar-refractivity contribution in [3.63, 3.8) is 0 Å². The zero-order chi connectivity index (χ0) is 25.9. The molecular formula is C27H18ClF3N2O3. The lowest BCUT2D eigenvalue weighted by Gasteiger charge is -2.15. The van der Waals surface area contributed by atoms with Crippen LogP contribution >= 0.6 is 11.6 Å². The highest BCUT2D eigenvalue weighted by Gasteiger charge is 2.34. The SMILES string of the molecule is O=C(c1ccc(-c2ccccc2C(F)(F)F)c(C(=O)O)c1)c1ccc(NCc2ccc(Cl)cc2)cn1. The summed E-state index contributed by atoms with van der Waals surface area (Å²) in [5.74, 6) is -2.01. The maximum Gasteiger partial charge on any atom is 0.417 e. The molecule has 0 atom stereocenters. The van der Waals surface area contributed by atoms with E-state index in [9.17, 15) is 27.9 Å². The van der Waals surface area contributed by atoms with E-state index in [1.54, 1.807) is 18.2 Å². The Morgan fingerprint density at radius 3 is 2.28 bits per heavy atom. The molecule has 0 aliphatic rings. The molecule has 0 unspecified atom stereocenters. The van der Waals surface area contributed by atoms with Crippen LogP contribution in [0.5, 0.6) is 0 Å². The molecule has 0 bridgehead atoms. The van der Waals surface area contributed by atoms with Crippen molar-refractivity contribution >= 4 is 29.0 Å². The average molecular weight is 511 g/mol. The average Bonchev–Trinajstić information content (AvgIpc) is 2.87. The Kier molecular flexibility index (Phi) is 7.07. The number of anilines is 1. The van der Waals surface area contributed by atoms with Gasteiger partial charge in [0, 0.05) is 17.1 Å². The number of carbonyl (C=O) groups is 2. The lowest BCUT2D eigenvalue weighted by atomic mass is 9.92. The lowest BCUT2D eigenvalue weighted by Crippen LogP contribution is -2.11. The van der Waals surface area contributed by atoms with Crippen molar-refractivity contribution in [1.29, 1.82) is 0 Å². The minimum absolute atomic E-state index is 0.00462. The maximum absolute atomic E-state index is 13.5. The summed E-state index contributed by atoms with van der Waals surface area (Å²) in [6.07, 6.45) is -3.21. The molecular weight excluding hydrogens is 493 g/mol. The molecule has 0 aliphatic heterocycles. The van der Waals surface area contributed by atoms with Crippen LogP contribution in [0.2, 0.25) is 5.02 Å². The Morgan fingerprint density at radius 1 is 0.917 bits per heavy atom. The zero-order valence-electron chi connectivity index (χ0n) is 18.5. The topological polar surface area (TPSA) is 79.3 Å². The molecule has 0 spiro atoms. The smallest absolute Gasteiger partial charge is 0.417 e. The third-order valence-electron chi connectivity index (χ3n) is 5.44. The summed E-state index contributed by atoms with van der Waals surface area (Å²) in [4.78, 5) is 29.0. The molecule has 0 fully saturated rings. The van der Waals surface area contributed by atoms with Crippen LogP contribution in [0.3, 0.4) is 0 Å². The van der Waals surface area contributed by atoms with Crippen molar-refractivity contribution in [2.24, 2.45) is 0 Å². The summed E-state index contributed by atoms with van der Waals surface area (Å²) in [5.41, 5.74) is -0.0901. The van der Waals surface area contributed by atoms with Gasteiger partial charge < -0.3 is 10.4 Å². The molecule has 4 rings (SSSR count). The number of ketones is 1. The minimum atomic E-state index is -4.67. The summed E-state index contributed by atoms with van der Waals surface area (Å²) < 4.78 is 40.4. The minimum Gasteiger partial charge on any atom is -0.478 e. The van der Waals surface area contributed by atoms with Crippen LogP contribution < -0.4 is 5.32 Å². The Hall–Kier alpha value is -4.17. The summed E-state index contributed by atoms with van der Waals surface area (Å²) >= 11 is 5.88. The predicted octanol–water partition coefficient (Wildman–Crippen LogP) is 6.96. The first-order valence-corrected chi connectivity index (χ1v) is 11.0. The van der Waals surface area contributed by atoms with Gasteiger partial charge in [-0.05, 0) is 53.1 Å².